The summed E-state index contributed by atoms with van der Waals surface area (Å²) in [6, 6.07) is 13.2. The summed E-state index contributed by atoms with van der Waals surface area (Å²) in [7, 11) is 0. The Balaban J connectivity index is 2.27. The maximum atomic E-state index is 9.29. The van der Waals surface area contributed by atoms with Crippen LogP contribution < -0.4 is 0 Å². The van der Waals surface area contributed by atoms with E-state index in [-0.39, 0.29) is 5.75 Å². The van der Waals surface area contributed by atoms with E-state index >= 15 is 0 Å². The van der Waals surface area contributed by atoms with Crippen molar-refractivity contribution >= 4 is 10.9 Å². The Morgan fingerprint density at radius 3 is 2.59 bits per heavy atom. The second kappa shape index (κ2) is 3.63. The molecule has 1 aromatic heterocycles. The van der Waals surface area contributed by atoms with E-state index in [2.05, 4.69) is 23.2 Å². The number of fused-ring (bicyclic) bond motifs is 1. The molecule has 0 saturated carbocycles. The monoisotopic (exact) mass is 224 g/mol. The number of aromatic hydroxyl groups is 1. The number of H-pyrrole nitrogens is 1. The molecular weight excluding hydrogens is 212 g/mol. The van der Waals surface area contributed by atoms with Crippen LogP contribution in [0.3, 0.4) is 0 Å². The van der Waals surface area contributed by atoms with Crippen LogP contribution >= 0.6 is 0 Å². The predicted molar refractivity (Wildman–Crippen MR) is 67.9 cm³/mol. The van der Waals surface area contributed by atoms with Crippen LogP contribution in [0.25, 0.3) is 22.2 Å². The van der Waals surface area contributed by atoms with E-state index < -0.39 is 0 Å². The second-order valence-electron chi connectivity index (χ2n) is 4.12. The normalized spacial score (nSPS) is 10.9. The zero-order chi connectivity index (χ0) is 11.8. The molecule has 0 saturated heterocycles. The van der Waals surface area contributed by atoms with Gasteiger partial charge in [-0.25, -0.2) is 0 Å². The summed E-state index contributed by atoms with van der Waals surface area (Å²) in [6.07, 6.45) is 0. The number of benzene rings is 2. The molecule has 0 atom stereocenters. The van der Waals surface area contributed by atoms with Crippen LogP contribution in [-0.4, -0.2) is 15.3 Å². The quantitative estimate of drug-likeness (QED) is 0.666. The number of nitrogens with zero attached hydrogens (tertiary/aromatic N) is 1. The van der Waals surface area contributed by atoms with E-state index in [0.29, 0.717) is 0 Å². The molecule has 0 bridgehead atoms. The van der Waals surface area contributed by atoms with Crippen molar-refractivity contribution in [3.05, 3.63) is 48.0 Å². The molecule has 0 unspecified atom stereocenters. The van der Waals surface area contributed by atoms with Gasteiger partial charge in [0.05, 0.1) is 5.52 Å². The Hall–Kier alpha value is -2.29. The molecule has 0 radical (unpaired) electrons. The summed E-state index contributed by atoms with van der Waals surface area (Å²) in [5.41, 5.74) is 4.16. The van der Waals surface area contributed by atoms with Crippen LogP contribution in [0.15, 0.2) is 42.5 Å². The van der Waals surface area contributed by atoms with Gasteiger partial charge in [-0.1, -0.05) is 12.1 Å². The molecule has 3 nitrogen and oxygen atoms in total. The number of aromatic amines is 1. The standard InChI is InChI=1S/C14H12N2O/c1-9-3-2-4-12-13(9)14(16-15-12)10-5-7-11(17)8-6-10/h2-8,17H,1H3,(H,15,16). The van der Waals surface area contributed by atoms with Gasteiger partial charge in [-0.05, 0) is 42.8 Å². The van der Waals surface area contributed by atoms with E-state index in [4.69, 9.17) is 0 Å². The van der Waals surface area contributed by atoms with Crippen molar-refractivity contribution < 1.29 is 5.11 Å². The van der Waals surface area contributed by atoms with Crippen molar-refractivity contribution in [3.8, 4) is 17.0 Å². The van der Waals surface area contributed by atoms with Gasteiger partial charge in [0.25, 0.3) is 0 Å². The van der Waals surface area contributed by atoms with Crippen molar-refractivity contribution in [2.24, 2.45) is 0 Å². The highest BCUT2D eigenvalue weighted by Gasteiger charge is 2.09. The highest BCUT2D eigenvalue weighted by Crippen LogP contribution is 2.29. The molecule has 3 heteroatoms. The van der Waals surface area contributed by atoms with Crippen molar-refractivity contribution in [3.63, 3.8) is 0 Å². The van der Waals surface area contributed by atoms with Gasteiger partial charge >= 0.3 is 0 Å². The van der Waals surface area contributed by atoms with Crippen molar-refractivity contribution in [1.29, 1.82) is 0 Å². The predicted octanol–water partition coefficient (Wildman–Crippen LogP) is 3.24. The smallest absolute Gasteiger partial charge is 0.115 e. The Labute approximate surface area is 98.7 Å². The SMILES string of the molecule is Cc1cccc2[nH]nc(-c3ccc(O)cc3)c12. The highest BCUT2D eigenvalue weighted by atomic mass is 16.3. The average Bonchev–Trinajstić information content (AvgIpc) is 2.75. The molecule has 0 spiro atoms. The minimum atomic E-state index is 0.269. The number of rotatable bonds is 1. The van der Waals surface area contributed by atoms with Gasteiger partial charge in [0.15, 0.2) is 0 Å². The molecule has 84 valence electrons. The van der Waals surface area contributed by atoms with Crippen molar-refractivity contribution in [2.75, 3.05) is 0 Å². The van der Waals surface area contributed by atoms with Crippen LogP contribution in [-0.2, 0) is 0 Å². The third kappa shape index (κ3) is 1.56. The third-order valence-electron chi connectivity index (χ3n) is 2.94. The largest absolute Gasteiger partial charge is 0.508 e. The maximum absolute atomic E-state index is 9.29. The summed E-state index contributed by atoms with van der Waals surface area (Å²) in [5.74, 6) is 0.269. The zero-order valence-corrected chi connectivity index (χ0v) is 9.44. The first-order chi connectivity index (χ1) is 8.25. The molecule has 2 aromatic carbocycles. The lowest BCUT2D eigenvalue weighted by molar-refractivity contribution is 0.475. The fourth-order valence-corrected chi connectivity index (χ4v) is 2.08. The Morgan fingerprint density at radius 2 is 1.82 bits per heavy atom. The lowest BCUT2D eigenvalue weighted by atomic mass is 10.0. The van der Waals surface area contributed by atoms with Crippen LogP contribution in [0.4, 0.5) is 0 Å². The number of phenolic OH excluding ortho intramolecular Hbond substituents is 1. The molecule has 2 N–H and O–H groups in total. The third-order valence-corrected chi connectivity index (χ3v) is 2.94. The Kier molecular flexibility index (Phi) is 2.11. The summed E-state index contributed by atoms with van der Waals surface area (Å²) in [4.78, 5) is 0. The number of aromatic nitrogens is 2. The second-order valence-corrected chi connectivity index (χ2v) is 4.12. The van der Waals surface area contributed by atoms with Gasteiger partial charge in [0, 0.05) is 10.9 Å². The van der Waals surface area contributed by atoms with Gasteiger partial charge in [-0.2, -0.15) is 5.10 Å². The minimum Gasteiger partial charge on any atom is -0.508 e. The highest BCUT2D eigenvalue weighted by molar-refractivity contribution is 5.95. The number of phenols is 1. The molecule has 3 aromatic rings. The topological polar surface area (TPSA) is 48.9 Å². The lowest BCUT2D eigenvalue weighted by Gasteiger charge is -2.00. The van der Waals surface area contributed by atoms with Gasteiger partial charge in [0.2, 0.25) is 0 Å². The van der Waals surface area contributed by atoms with Crippen LogP contribution in [0.1, 0.15) is 5.56 Å². The molecule has 1 heterocycles. The summed E-state index contributed by atoms with van der Waals surface area (Å²) < 4.78 is 0. The number of hydrogen-bond acceptors (Lipinski definition) is 2. The molecule has 17 heavy (non-hydrogen) atoms. The number of nitrogens with one attached hydrogen (secondary N) is 1. The molecule has 0 amide bonds. The first-order valence-electron chi connectivity index (χ1n) is 5.49. The van der Waals surface area contributed by atoms with Crippen molar-refractivity contribution in [2.45, 2.75) is 6.92 Å². The van der Waals surface area contributed by atoms with E-state index in [1.807, 2.05) is 24.3 Å². The first kappa shape index (κ1) is 9.90. The summed E-state index contributed by atoms with van der Waals surface area (Å²) in [5, 5.41) is 17.8. The Morgan fingerprint density at radius 1 is 1.06 bits per heavy atom. The van der Waals surface area contributed by atoms with E-state index in [1.165, 1.54) is 5.56 Å². The van der Waals surface area contributed by atoms with Crippen LogP contribution in [0.5, 0.6) is 5.75 Å². The first-order valence-corrected chi connectivity index (χ1v) is 5.49. The van der Waals surface area contributed by atoms with Gasteiger partial charge in [-0.3, -0.25) is 5.10 Å². The maximum Gasteiger partial charge on any atom is 0.115 e. The van der Waals surface area contributed by atoms with E-state index in [0.717, 1.165) is 22.2 Å². The van der Waals surface area contributed by atoms with E-state index in [9.17, 15) is 5.11 Å². The van der Waals surface area contributed by atoms with Crippen molar-refractivity contribution in [1.82, 2.24) is 10.2 Å². The molecule has 0 aliphatic heterocycles. The molecule has 0 aliphatic rings. The molecule has 3 rings (SSSR count). The van der Waals surface area contributed by atoms with Gasteiger partial charge in [-0.15, -0.1) is 0 Å². The zero-order valence-electron chi connectivity index (χ0n) is 9.44. The van der Waals surface area contributed by atoms with Gasteiger partial charge < -0.3 is 5.11 Å². The van der Waals surface area contributed by atoms with Crippen LogP contribution in [0.2, 0.25) is 0 Å². The summed E-state index contributed by atoms with van der Waals surface area (Å²) >= 11 is 0. The average molecular weight is 224 g/mol. The fourth-order valence-electron chi connectivity index (χ4n) is 2.08. The Bertz CT molecular complexity index is 668. The molecule has 0 fully saturated rings. The summed E-state index contributed by atoms with van der Waals surface area (Å²) in [6.45, 7) is 2.07. The number of hydrogen-bond donors (Lipinski definition) is 2. The minimum absolute atomic E-state index is 0.269. The van der Waals surface area contributed by atoms with Crippen LogP contribution in [0, 0.1) is 6.92 Å². The lowest BCUT2D eigenvalue weighted by Crippen LogP contribution is -1.80. The van der Waals surface area contributed by atoms with Gasteiger partial charge in [0.1, 0.15) is 11.4 Å². The number of aryl methyl sites for hydroxylation is 1. The fraction of sp³-hybridized carbons (Fsp3) is 0.0714. The molecule has 0 aliphatic carbocycles. The molecular formula is C14H12N2O. The van der Waals surface area contributed by atoms with E-state index in [1.54, 1.807) is 12.1 Å².